The van der Waals surface area contributed by atoms with Gasteiger partial charge in [0.1, 0.15) is 6.04 Å². The van der Waals surface area contributed by atoms with Crippen LogP contribution in [0.15, 0.2) is 15.2 Å². The summed E-state index contributed by atoms with van der Waals surface area (Å²) in [5, 5.41) is 1.80. The van der Waals surface area contributed by atoms with E-state index in [1.54, 1.807) is 16.3 Å². The lowest BCUT2D eigenvalue weighted by Crippen LogP contribution is -2.48. The van der Waals surface area contributed by atoms with Gasteiger partial charge >= 0.3 is 5.97 Å². The average molecular weight is 332 g/mol. The molecule has 1 aromatic heterocycles. The highest BCUT2D eigenvalue weighted by atomic mass is 79.9. The van der Waals surface area contributed by atoms with Crippen LogP contribution in [-0.2, 0) is 9.53 Å². The minimum Gasteiger partial charge on any atom is -0.467 e. The van der Waals surface area contributed by atoms with Gasteiger partial charge in [-0.3, -0.25) is 4.79 Å². The van der Waals surface area contributed by atoms with Gasteiger partial charge in [-0.15, -0.1) is 11.3 Å². The summed E-state index contributed by atoms with van der Waals surface area (Å²) in [5.41, 5.74) is 0.627. The molecule has 0 bridgehead atoms. The normalized spacial score (nSPS) is 19.7. The third-order valence-electron chi connectivity index (χ3n) is 3.05. The number of hydrogen-bond acceptors (Lipinski definition) is 4. The number of rotatable bonds is 2. The van der Waals surface area contributed by atoms with Crippen molar-refractivity contribution in [1.29, 1.82) is 0 Å². The molecule has 0 N–H and O–H groups in total. The maximum absolute atomic E-state index is 12.3. The Morgan fingerprint density at radius 1 is 1.50 bits per heavy atom. The van der Waals surface area contributed by atoms with Gasteiger partial charge in [0.25, 0.3) is 5.91 Å². The number of hydrogen-bond donors (Lipinski definition) is 0. The molecule has 1 aliphatic rings. The summed E-state index contributed by atoms with van der Waals surface area (Å²) in [6.45, 7) is 0.617. The summed E-state index contributed by atoms with van der Waals surface area (Å²) >= 11 is 4.80. The van der Waals surface area contributed by atoms with Gasteiger partial charge in [0.05, 0.1) is 16.5 Å². The summed E-state index contributed by atoms with van der Waals surface area (Å²) in [5.74, 6) is -0.413. The Bertz CT molecular complexity index is 460. The number of ether oxygens (including phenoxy) is 1. The lowest BCUT2D eigenvalue weighted by molar-refractivity contribution is -0.147. The molecular weight excluding hydrogens is 318 g/mol. The van der Waals surface area contributed by atoms with Crippen LogP contribution in [0.1, 0.15) is 29.6 Å². The minimum absolute atomic E-state index is 0.0907. The van der Waals surface area contributed by atoms with Gasteiger partial charge in [0.15, 0.2) is 0 Å². The number of esters is 1. The zero-order chi connectivity index (χ0) is 13.1. The Balaban J connectivity index is 2.18. The minimum atomic E-state index is -0.435. The van der Waals surface area contributed by atoms with Crippen LogP contribution in [0.3, 0.4) is 0 Å². The van der Waals surface area contributed by atoms with Gasteiger partial charge in [-0.25, -0.2) is 4.79 Å². The van der Waals surface area contributed by atoms with Gasteiger partial charge in [-0.1, -0.05) is 0 Å². The highest BCUT2D eigenvalue weighted by Gasteiger charge is 2.33. The highest BCUT2D eigenvalue weighted by molar-refractivity contribution is 9.11. The first kappa shape index (κ1) is 13.5. The highest BCUT2D eigenvalue weighted by Crippen LogP contribution is 2.25. The van der Waals surface area contributed by atoms with E-state index < -0.39 is 6.04 Å². The fourth-order valence-corrected chi connectivity index (χ4v) is 3.27. The molecule has 1 saturated heterocycles. The number of carbonyl (C=O) groups is 2. The molecule has 0 spiro atoms. The Morgan fingerprint density at radius 2 is 2.28 bits per heavy atom. The van der Waals surface area contributed by atoms with Crippen LogP contribution in [0.2, 0.25) is 0 Å². The second-order valence-corrected chi connectivity index (χ2v) is 6.46. The molecule has 0 aliphatic carbocycles. The predicted octanol–water partition coefficient (Wildman–Crippen LogP) is 2.68. The molecule has 0 unspecified atom stereocenters. The number of amides is 1. The van der Waals surface area contributed by atoms with E-state index in [2.05, 4.69) is 15.9 Å². The van der Waals surface area contributed by atoms with Crippen molar-refractivity contribution >= 4 is 39.1 Å². The molecule has 1 atom stereocenters. The van der Waals surface area contributed by atoms with Crippen molar-refractivity contribution in [2.24, 2.45) is 0 Å². The zero-order valence-electron chi connectivity index (χ0n) is 10.0. The summed E-state index contributed by atoms with van der Waals surface area (Å²) in [6, 6.07) is 1.35. The number of likely N-dealkylation sites (tertiary alicyclic amines) is 1. The van der Waals surface area contributed by atoms with Crippen molar-refractivity contribution in [3.63, 3.8) is 0 Å². The smallest absolute Gasteiger partial charge is 0.328 e. The summed E-state index contributed by atoms with van der Waals surface area (Å²) in [6.07, 6.45) is 2.57. The Labute approximate surface area is 118 Å². The van der Waals surface area contributed by atoms with E-state index >= 15 is 0 Å². The molecule has 1 aromatic rings. The molecule has 0 aromatic carbocycles. The second kappa shape index (κ2) is 5.84. The summed E-state index contributed by atoms with van der Waals surface area (Å²) in [4.78, 5) is 25.7. The average Bonchev–Trinajstić information content (AvgIpc) is 2.83. The van der Waals surface area contributed by atoms with Crippen LogP contribution < -0.4 is 0 Å². The van der Waals surface area contributed by atoms with Crippen molar-refractivity contribution in [1.82, 2.24) is 4.90 Å². The van der Waals surface area contributed by atoms with Crippen LogP contribution in [0.4, 0.5) is 0 Å². The van der Waals surface area contributed by atoms with Crippen molar-refractivity contribution < 1.29 is 14.3 Å². The van der Waals surface area contributed by atoms with Crippen LogP contribution in [0, 0.1) is 0 Å². The van der Waals surface area contributed by atoms with Gasteiger partial charge in [0.2, 0.25) is 0 Å². The molecule has 1 fully saturated rings. The Kier molecular flexibility index (Phi) is 4.40. The third-order valence-corrected chi connectivity index (χ3v) is 4.56. The number of thiophene rings is 1. The largest absolute Gasteiger partial charge is 0.467 e. The molecular formula is C12H14BrNO3S. The number of carbonyl (C=O) groups excluding carboxylic acids is 2. The van der Waals surface area contributed by atoms with Gasteiger partial charge in [-0.2, -0.15) is 0 Å². The quantitative estimate of drug-likeness (QED) is 0.783. The summed E-state index contributed by atoms with van der Waals surface area (Å²) in [7, 11) is 1.36. The maximum Gasteiger partial charge on any atom is 0.328 e. The number of halogens is 1. The monoisotopic (exact) mass is 331 g/mol. The molecule has 1 amide bonds. The van der Waals surface area contributed by atoms with Crippen molar-refractivity contribution in [3.8, 4) is 0 Å². The fourth-order valence-electron chi connectivity index (χ4n) is 2.14. The van der Waals surface area contributed by atoms with Gasteiger partial charge in [-0.05, 0) is 41.3 Å². The number of piperidine rings is 1. The lowest BCUT2D eigenvalue weighted by atomic mass is 10.0. The SMILES string of the molecule is COC(=O)[C@H]1CCCCN1C(=O)c1csc(Br)c1. The van der Waals surface area contributed by atoms with E-state index in [1.165, 1.54) is 18.4 Å². The topological polar surface area (TPSA) is 46.6 Å². The van der Waals surface area contributed by atoms with E-state index in [9.17, 15) is 9.59 Å². The van der Waals surface area contributed by atoms with E-state index in [4.69, 9.17) is 4.74 Å². The molecule has 4 nitrogen and oxygen atoms in total. The van der Waals surface area contributed by atoms with E-state index in [1.807, 2.05) is 0 Å². The Hall–Kier alpha value is -0.880. The van der Waals surface area contributed by atoms with E-state index in [-0.39, 0.29) is 11.9 Å². The molecule has 0 saturated carbocycles. The maximum atomic E-state index is 12.3. The standard InChI is InChI=1S/C12H14BrNO3S/c1-17-12(16)9-4-2-3-5-14(9)11(15)8-6-10(13)18-7-8/h6-7,9H,2-5H2,1H3/t9-/m1/s1. The first-order chi connectivity index (χ1) is 8.63. The molecule has 18 heavy (non-hydrogen) atoms. The van der Waals surface area contributed by atoms with Gasteiger partial charge in [0, 0.05) is 11.9 Å². The Morgan fingerprint density at radius 3 is 2.89 bits per heavy atom. The molecule has 6 heteroatoms. The van der Waals surface area contributed by atoms with Crippen molar-refractivity contribution in [2.45, 2.75) is 25.3 Å². The number of nitrogens with zero attached hydrogens (tertiary/aromatic N) is 1. The second-order valence-electron chi connectivity index (χ2n) is 4.17. The third kappa shape index (κ3) is 2.75. The van der Waals surface area contributed by atoms with Crippen molar-refractivity contribution in [2.75, 3.05) is 13.7 Å². The van der Waals surface area contributed by atoms with Gasteiger partial charge < -0.3 is 9.64 Å². The lowest BCUT2D eigenvalue weighted by Gasteiger charge is -2.33. The molecule has 1 aliphatic heterocycles. The van der Waals surface area contributed by atoms with Crippen molar-refractivity contribution in [3.05, 3.63) is 20.8 Å². The van der Waals surface area contributed by atoms with Crippen LogP contribution in [0.5, 0.6) is 0 Å². The first-order valence-electron chi connectivity index (χ1n) is 5.76. The molecule has 2 heterocycles. The first-order valence-corrected chi connectivity index (χ1v) is 7.43. The van der Waals surface area contributed by atoms with Crippen LogP contribution >= 0.6 is 27.3 Å². The van der Waals surface area contributed by atoms with Crippen LogP contribution in [0.25, 0.3) is 0 Å². The van der Waals surface area contributed by atoms with E-state index in [0.717, 1.165) is 16.6 Å². The van der Waals surface area contributed by atoms with E-state index in [0.29, 0.717) is 18.5 Å². The zero-order valence-corrected chi connectivity index (χ0v) is 12.4. The van der Waals surface area contributed by atoms with Crippen LogP contribution in [-0.4, -0.2) is 36.5 Å². The summed E-state index contributed by atoms with van der Waals surface area (Å²) < 4.78 is 5.69. The fraction of sp³-hybridized carbons (Fsp3) is 0.500. The number of methoxy groups -OCH3 is 1. The molecule has 2 rings (SSSR count). The molecule has 98 valence electrons. The predicted molar refractivity (Wildman–Crippen MR) is 72.7 cm³/mol. The molecule has 0 radical (unpaired) electrons.